The van der Waals surface area contributed by atoms with Crippen LogP contribution in [-0.4, -0.2) is 14.5 Å². The molecule has 0 saturated carbocycles. The number of hydrogen-bond acceptors (Lipinski definition) is 3. The molecule has 5 aromatic rings. The SMILES string of the molecule is O=c1c2ncccc2ncn1Cc1ccc(-c2ccc3ccccc3c2)cc1. The van der Waals surface area contributed by atoms with Crippen molar-refractivity contribution >= 4 is 21.8 Å². The first-order valence-corrected chi connectivity index (χ1v) is 9.16. The monoisotopic (exact) mass is 363 g/mol. The van der Waals surface area contributed by atoms with Crippen LogP contribution in [0.1, 0.15) is 5.56 Å². The molecule has 28 heavy (non-hydrogen) atoms. The van der Waals surface area contributed by atoms with Crippen LogP contribution in [0.15, 0.2) is 96.2 Å². The van der Waals surface area contributed by atoms with Crippen LogP contribution in [0.3, 0.4) is 0 Å². The molecule has 0 saturated heterocycles. The third kappa shape index (κ3) is 2.95. The summed E-state index contributed by atoms with van der Waals surface area (Å²) in [5.41, 5.74) is 4.28. The summed E-state index contributed by atoms with van der Waals surface area (Å²) in [6.45, 7) is 0.469. The molecule has 0 N–H and O–H groups in total. The Kier molecular flexibility index (Phi) is 3.95. The molecule has 0 radical (unpaired) electrons. The van der Waals surface area contributed by atoms with Crippen LogP contribution < -0.4 is 5.56 Å². The molecule has 2 heterocycles. The highest BCUT2D eigenvalue weighted by Crippen LogP contribution is 2.24. The second-order valence-electron chi connectivity index (χ2n) is 6.81. The summed E-state index contributed by atoms with van der Waals surface area (Å²) in [5, 5.41) is 2.46. The fraction of sp³-hybridized carbons (Fsp3) is 0.0417. The summed E-state index contributed by atoms with van der Waals surface area (Å²) >= 11 is 0. The van der Waals surface area contributed by atoms with Gasteiger partial charge in [-0.1, -0.05) is 60.7 Å². The average Bonchev–Trinajstić information content (AvgIpc) is 2.76. The Morgan fingerprint density at radius 2 is 1.54 bits per heavy atom. The topological polar surface area (TPSA) is 47.8 Å². The molecule has 0 atom stereocenters. The summed E-state index contributed by atoms with van der Waals surface area (Å²) in [5.74, 6) is 0. The molecule has 0 amide bonds. The lowest BCUT2D eigenvalue weighted by Gasteiger charge is -2.08. The molecule has 0 fully saturated rings. The Morgan fingerprint density at radius 3 is 2.39 bits per heavy atom. The summed E-state index contributed by atoms with van der Waals surface area (Å²) < 4.78 is 1.60. The van der Waals surface area contributed by atoms with Crippen molar-refractivity contribution in [2.45, 2.75) is 6.54 Å². The minimum atomic E-state index is -0.121. The number of hydrogen-bond donors (Lipinski definition) is 0. The Hall–Kier alpha value is -3.79. The predicted molar refractivity (Wildman–Crippen MR) is 112 cm³/mol. The van der Waals surface area contributed by atoms with Crippen LogP contribution in [0.2, 0.25) is 0 Å². The van der Waals surface area contributed by atoms with E-state index in [0.29, 0.717) is 17.6 Å². The lowest BCUT2D eigenvalue weighted by Crippen LogP contribution is -2.21. The summed E-state index contributed by atoms with van der Waals surface area (Å²) in [7, 11) is 0. The third-order valence-corrected chi connectivity index (χ3v) is 4.98. The average molecular weight is 363 g/mol. The lowest BCUT2D eigenvalue weighted by atomic mass is 10.0. The fourth-order valence-corrected chi connectivity index (χ4v) is 3.47. The van der Waals surface area contributed by atoms with Crippen LogP contribution in [-0.2, 0) is 6.54 Å². The van der Waals surface area contributed by atoms with E-state index in [1.165, 1.54) is 16.3 Å². The fourth-order valence-electron chi connectivity index (χ4n) is 3.47. The Bertz CT molecular complexity index is 1350. The van der Waals surface area contributed by atoms with Crippen molar-refractivity contribution in [2.24, 2.45) is 0 Å². The minimum absolute atomic E-state index is 0.121. The van der Waals surface area contributed by atoms with E-state index in [4.69, 9.17) is 0 Å². The van der Waals surface area contributed by atoms with Crippen LogP contribution >= 0.6 is 0 Å². The first kappa shape index (κ1) is 16.4. The van der Waals surface area contributed by atoms with E-state index >= 15 is 0 Å². The van der Waals surface area contributed by atoms with E-state index in [1.54, 1.807) is 29.2 Å². The molecule has 0 spiro atoms. The highest BCUT2D eigenvalue weighted by Gasteiger charge is 2.06. The van der Waals surface area contributed by atoms with Gasteiger partial charge in [0.05, 0.1) is 18.4 Å². The third-order valence-electron chi connectivity index (χ3n) is 4.98. The van der Waals surface area contributed by atoms with Gasteiger partial charge in [0.15, 0.2) is 5.52 Å². The van der Waals surface area contributed by atoms with Gasteiger partial charge in [-0.05, 0) is 45.7 Å². The maximum Gasteiger partial charge on any atom is 0.280 e. The van der Waals surface area contributed by atoms with Crippen LogP contribution in [0, 0.1) is 0 Å². The molecule has 4 heteroatoms. The molecule has 3 aromatic carbocycles. The normalized spacial score (nSPS) is 11.1. The number of benzene rings is 3. The van der Waals surface area contributed by atoms with Gasteiger partial charge in [-0.25, -0.2) is 9.97 Å². The summed E-state index contributed by atoms with van der Waals surface area (Å²) in [4.78, 5) is 21.1. The number of fused-ring (bicyclic) bond motifs is 2. The molecule has 134 valence electrons. The van der Waals surface area contributed by atoms with E-state index in [1.807, 2.05) is 0 Å². The molecule has 0 aliphatic rings. The van der Waals surface area contributed by atoms with Crippen molar-refractivity contribution in [2.75, 3.05) is 0 Å². The van der Waals surface area contributed by atoms with Gasteiger partial charge in [0.1, 0.15) is 0 Å². The zero-order valence-electron chi connectivity index (χ0n) is 15.1. The van der Waals surface area contributed by atoms with Crippen LogP contribution in [0.25, 0.3) is 32.9 Å². The van der Waals surface area contributed by atoms with Crippen molar-refractivity contribution in [3.8, 4) is 11.1 Å². The number of aromatic nitrogens is 3. The highest BCUT2D eigenvalue weighted by atomic mass is 16.1. The molecule has 0 aliphatic heterocycles. The van der Waals surface area contributed by atoms with Gasteiger partial charge in [-0.2, -0.15) is 0 Å². The lowest BCUT2D eigenvalue weighted by molar-refractivity contribution is 0.746. The second kappa shape index (κ2) is 6.74. The zero-order valence-corrected chi connectivity index (χ0v) is 15.1. The van der Waals surface area contributed by atoms with Gasteiger partial charge >= 0.3 is 0 Å². The molecule has 0 unspecified atom stereocenters. The Morgan fingerprint density at radius 1 is 0.750 bits per heavy atom. The quantitative estimate of drug-likeness (QED) is 0.468. The number of pyridine rings is 1. The molecule has 2 aromatic heterocycles. The van der Waals surface area contributed by atoms with Gasteiger partial charge in [-0.15, -0.1) is 0 Å². The molecule has 0 aliphatic carbocycles. The molecule has 0 bridgehead atoms. The van der Waals surface area contributed by atoms with Crippen molar-refractivity contribution in [3.05, 3.63) is 107 Å². The Labute approximate surface area is 161 Å². The van der Waals surface area contributed by atoms with E-state index in [9.17, 15) is 4.79 Å². The standard InChI is InChI=1S/C24H17N3O/c28-24-23-22(6-3-13-25-23)26-16-27(24)15-17-7-9-19(10-8-17)21-12-11-18-4-1-2-5-20(18)14-21/h1-14,16H,15H2. The molecule has 4 nitrogen and oxygen atoms in total. The van der Waals surface area contributed by atoms with Gasteiger partial charge < -0.3 is 0 Å². The largest absolute Gasteiger partial charge is 0.293 e. The first-order chi connectivity index (χ1) is 13.8. The highest BCUT2D eigenvalue weighted by molar-refractivity contribution is 5.87. The van der Waals surface area contributed by atoms with Crippen molar-refractivity contribution in [3.63, 3.8) is 0 Å². The van der Waals surface area contributed by atoms with Crippen molar-refractivity contribution in [1.29, 1.82) is 0 Å². The Balaban J connectivity index is 1.45. The molecular formula is C24H17N3O. The molecule has 5 rings (SSSR count). The van der Waals surface area contributed by atoms with E-state index < -0.39 is 0 Å². The number of rotatable bonds is 3. The minimum Gasteiger partial charge on any atom is -0.293 e. The van der Waals surface area contributed by atoms with E-state index in [2.05, 4.69) is 76.7 Å². The van der Waals surface area contributed by atoms with Crippen LogP contribution in [0.5, 0.6) is 0 Å². The smallest absolute Gasteiger partial charge is 0.280 e. The van der Waals surface area contributed by atoms with Crippen LogP contribution in [0.4, 0.5) is 0 Å². The van der Waals surface area contributed by atoms with Crippen molar-refractivity contribution in [1.82, 2.24) is 14.5 Å². The zero-order chi connectivity index (χ0) is 18.9. The predicted octanol–water partition coefficient (Wildman–Crippen LogP) is 4.66. The summed E-state index contributed by atoms with van der Waals surface area (Å²) in [6, 6.07) is 26.7. The van der Waals surface area contributed by atoms with Crippen molar-refractivity contribution < 1.29 is 0 Å². The molecular weight excluding hydrogens is 346 g/mol. The summed E-state index contributed by atoms with van der Waals surface area (Å²) in [6.07, 6.45) is 3.21. The first-order valence-electron chi connectivity index (χ1n) is 9.16. The van der Waals surface area contributed by atoms with Gasteiger partial charge in [0.25, 0.3) is 5.56 Å². The van der Waals surface area contributed by atoms with E-state index in [0.717, 1.165) is 11.1 Å². The van der Waals surface area contributed by atoms with Gasteiger partial charge in [0, 0.05) is 6.20 Å². The number of nitrogens with zero attached hydrogens (tertiary/aromatic N) is 3. The maximum atomic E-state index is 12.6. The van der Waals surface area contributed by atoms with Gasteiger partial charge in [-0.3, -0.25) is 9.36 Å². The maximum absolute atomic E-state index is 12.6. The van der Waals surface area contributed by atoms with Gasteiger partial charge in [0.2, 0.25) is 0 Å². The van der Waals surface area contributed by atoms with E-state index in [-0.39, 0.29) is 5.56 Å². The second-order valence-corrected chi connectivity index (χ2v) is 6.81.